The minimum absolute atomic E-state index is 0.290. The van der Waals surface area contributed by atoms with E-state index >= 15 is 0 Å². The molecule has 14 heavy (non-hydrogen) atoms. The maximum Gasteiger partial charge on any atom is 0.134 e. The summed E-state index contributed by atoms with van der Waals surface area (Å²) < 4.78 is 13.8. The van der Waals surface area contributed by atoms with E-state index in [9.17, 15) is 4.39 Å². The van der Waals surface area contributed by atoms with Crippen molar-refractivity contribution in [3.63, 3.8) is 0 Å². The summed E-state index contributed by atoms with van der Waals surface area (Å²) in [6.45, 7) is 1.87. The summed E-state index contributed by atoms with van der Waals surface area (Å²) in [6.07, 6.45) is 5.42. The van der Waals surface area contributed by atoms with Crippen LogP contribution in [0.2, 0.25) is 0 Å². The van der Waals surface area contributed by atoms with Crippen LogP contribution in [0.5, 0.6) is 0 Å². The van der Waals surface area contributed by atoms with Gasteiger partial charge in [-0.2, -0.15) is 0 Å². The monoisotopic (exact) mass is 201 g/mol. The Bertz CT molecular complexity index is 191. The zero-order chi connectivity index (χ0) is 10.1. The lowest BCUT2D eigenvalue weighted by Gasteiger charge is -2.44. The molecule has 1 spiro atoms. The summed E-state index contributed by atoms with van der Waals surface area (Å²) in [4.78, 5) is 0. The zero-order valence-electron chi connectivity index (χ0n) is 8.69. The summed E-state index contributed by atoms with van der Waals surface area (Å²) in [5, 5.41) is 12.3. The number of alkyl halides is 1. The van der Waals surface area contributed by atoms with E-state index in [1.165, 1.54) is 12.8 Å². The van der Waals surface area contributed by atoms with Crippen molar-refractivity contribution in [2.75, 3.05) is 19.7 Å². The van der Waals surface area contributed by atoms with E-state index in [1.54, 1.807) is 0 Å². The molecule has 82 valence electrons. The molecule has 0 unspecified atom stereocenters. The lowest BCUT2D eigenvalue weighted by Crippen LogP contribution is -2.43. The van der Waals surface area contributed by atoms with Gasteiger partial charge >= 0.3 is 0 Å². The summed E-state index contributed by atoms with van der Waals surface area (Å²) in [5.41, 5.74) is -0.869. The van der Waals surface area contributed by atoms with Gasteiger partial charge in [0.15, 0.2) is 0 Å². The molecule has 0 amide bonds. The van der Waals surface area contributed by atoms with Crippen LogP contribution in [0.3, 0.4) is 0 Å². The molecule has 2 fully saturated rings. The number of piperidine rings is 1. The summed E-state index contributed by atoms with van der Waals surface area (Å²) in [7, 11) is 0. The molecule has 2 N–H and O–H groups in total. The van der Waals surface area contributed by atoms with Crippen molar-refractivity contribution >= 4 is 0 Å². The highest BCUT2D eigenvalue weighted by Gasteiger charge is 2.42. The molecule has 0 atom stereocenters. The SMILES string of the molecule is OCC1(F)CCC2(CCNCC2)CC1. The normalized spacial score (nSPS) is 30.4. The highest BCUT2D eigenvalue weighted by molar-refractivity contribution is 4.95. The summed E-state index contributed by atoms with van der Waals surface area (Å²) >= 11 is 0. The minimum atomic E-state index is -1.27. The number of aliphatic hydroxyl groups excluding tert-OH is 1. The molecule has 2 nitrogen and oxygen atoms in total. The number of hydrogen-bond donors (Lipinski definition) is 2. The van der Waals surface area contributed by atoms with Gasteiger partial charge in [-0.25, -0.2) is 4.39 Å². The number of aliphatic hydroxyl groups is 1. The number of hydrogen-bond acceptors (Lipinski definition) is 2. The fourth-order valence-electron chi connectivity index (χ4n) is 2.84. The smallest absolute Gasteiger partial charge is 0.134 e. The first-order chi connectivity index (χ1) is 6.68. The molecular formula is C11H20FNO. The first-order valence-corrected chi connectivity index (χ1v) is 5.69. The minimum Gasteiger partial charge on any atom is -0.393 e. The second-order valence-corrected chi connectivity index (χ2v) is 5.06. The fourth-order valence-corrected chi connectivity index (χ4v) is 2.84. The molecule has 0 radical (unpaired) electrons. The van der Waals surface area contributed by atoms with Crippen LogP contribution in [0, 0.1) is 5.41 Å². The van der Waals surface area contributed by atoms with Gasteiger partial charge in [-0.05, 0) is 57.0 Å². The van der Waals surface area contributed by atoms with Crippen molar-refractivity contribution in [2.24, 2.45) is 5.41 Å². The molecule has 1 heterocycles. The van der Waals surface area contributed by atoms with Gasteiger partial charge in [-0.3, -0.25) is 0 Å². The molecule has 1 aliphatic carbocycles. The standard InChI is InChI=1S/C11H20FNO/c12-11(9-14)3-1-10(2-4-11)5-7-13-8-6-10/h13-14H,1-9H2. The van der Waals surface area contributed by atoms with E-state index in [0.717, 1.165) is 25.9 Å². The predicted octanol–water partition coefficient (Wildman–Crippen LogP) is 1.63. The second kappa shape index (κ2) is 3.78. The Hall–Kier alpha value is -0.150. The molecule has 0 aromatic carbocycles. The highest BCUT2D eigenvalue weighted by atomic mass is 19.1. The van der Waals surface area contributed by atoms with Crippen molar-refractivity contribution in [3.05, 3.63) is 0 Å². The third-order valence-electron chi connectivity index (χ3n) is 4.15. The van der Waals surface area contributed by atoms with Gasteiger partial charge in [0.2, 0.25) is 0 Å². The topological polar surface area (TPSA) is 32.3 Å². The number of nitrogens with one attached hydrogen (secondary N) is 1. The Morgan fingerprint density at radius 2 is 1.57 bits per heavy atom. The molecule has 2 aliphatic rings. The van der Waals surface area contributed by atoms with Gasteiger partial charge in [-0.15, -0.1) is 0 Å². The Morgan fingerprint density at radius 1 is 1.00 bits per heavy atom. The largest absolute Gasteiger partial charge is 0.393 e. The quantitative estimate of drug-likeness (QED) is 0.676. The van der Waals surface area contributed by atoms with Crippen LogP contribution < -0.4 is 5.32 Å². The van der Waals surface area contributed by atoms with Crippen LogP contribution in [0.1, 0.15) is 38.5 Å². The van der Waals surface area contributed by atoms with Crippen LogP contribution in [-0.2, 0) is 0 Å². The van der Waals surface area contributed by atoms with E-state index in [0.29, 0.717) is 18.3 Å². The van der Waals surface area contributed by atoms with Crippen LogP contribution in [0.25, 0.3) is 0 Å². The maximum atomic E-state index is 13.8. The molecule has 0 aromatic heterocycles. The fraction of sp³-hybridized carbons (Fsp3) is 1.00. The van der Waals surface area contributed by atoms with Crippen molar-refractivity contribution in [1.82, 2.24) is 5.32 Å². The van der Waals surface area contributed by atoms with Gasteiger partial charge in [0.1, 0.15) is 5.67 Å². The molecule has 0 aromatic rings. The van der Waals surface area contributed by atoms with Crippen molar-refractivity contribution in [1.29, 1.82) is 0 Å². The Kier molecular flexibility index (Phi) is 2.80. The second-order valence-electron chi connectivity index (χ2n) is 5.06. The number of halogens is 1. The molecule has 2 rings (SSSR count). The lowest BCUT2D eigenvalue weighted by atomic mass is 9.65. The van der Waals surface area contributed by atoms with E-state index in [1.807, 2.05) is 0 Å². The van der Waals surface area contributed by atoms with Crippen LogP contribution in [-0.4, -0.2) is 30.5 Å². The maximum absolute atomic E-state index is 13.8. The first-order valence-electron chi connectivity index (χ1n) is 5.69. The molecule has 1 saturated heterocycles. The van der Waals surface area contributed by atoms with E-state index in [2.05, 4.69) is 5.32 Å². The van der Waals surface area contributed by atoms with Crippen molar-refractivity contribution in [3.8, 4) is 0 Å². The van der Waals surface area contributed by atoms with Crippen LogP contribution in [0.4, 0.5) is 4.39 Å². The first kappa shape index (κ1) is 10.4. The summed E-state index contributed by atoms with van der Waals surface area (Å²) in [5.74, 6) is 0. The van der Waals surface area contributed by atoms with Crippen LogP contribution >= 0.6 is 0 Å². The zero-order valence-corrected chi connectivity index (χ0v) is 8.69. The molecule has 1 aliphatic heterocycles. The van der Waals surface area contributed by atoms with Gasteiger partial charge < -0.3 is 10.4 Å². The molecule has 3 heteroatoms. The van der Waals surface area contributed by atoms with Gasteiger partial charge in [0, 0.05) is 0 Å². The number of rotatable bonds is 1. The molecule has 1 saturated carbocycles. The van der Waals surface area contributed by atoms with Gasteiger partial charge in [0.25, 0.3) is 0 Å². The molecule has 0 bridgehead atoms. The average molecular weight is 201 g/mol. The molecular weight excluding hydrogens is 181 g/mol. The van der Waals surface area contributed by atoms with Gasteiger partial charge in [0.05, 0.1) is 6.61 Å². The third-order valence-corrected chi connectivity index (χ3v) is 4.15. The van der Waals surface area contributed by atoms with Crippen molar-refractivity contribution in [2.45, 2.75) is 44.2 Å². The third kappa shape index (κ3) is 1.94. The van der Waals surface area contributed by atoms with Crippen LogP contribution in [0.15, 0.2) is 0 Å². The van der Waals surface area contributed by atoms with Crippen molar-refractivity contribution < 1.29 is 9.50 Å². The Balaban J connectivity index is 1.93. The predicted molar refractivity (Wildman–Crippen MR) is 53.9 cm³/mol. The van der Waals surface area contributed by atoms with E-state index < -0.39 is 5.67 Å². The van der Waals surface area contributed by atoms with Gasteiger partial charge in [-0.1, -0.05) is 0 Å². The Labute approximate surface area is 84.9 Å². The Morgan fingerprint density at radius 3 is 2.07 bits per heavy atom. The van der Waals surface area contributed by atoms with E-state index in [-0.39, 0.29) is 6.61 Å². The van der Waals surface area contributed by atoms with E-state index in [4.69, 9.17) is 5.11 Å². The average Bonchev–Trinajstić information content (AvgIpc) is 2.25. The summed E-state index contributed by atoms with van der Waals surface area (Å²) in [6, 6.07) is 0. The highest BCUT2D eigenvalue weighted by Crippen LogP contribution is 2.47. The lowest BCUT2D eigenvalue weighted by molar-refractivity contribution is -0.0150.